The zero-order valence-corrected chi connectivity index (χ0v) is 15.0. The summed E-state index contributed by atoms with van der Waals surface area (Å²) in [6, 6.07) is 3.89. The van der Waals surface area contributed by atoms with Crippen LogP contribution in [-0.2, 0) is 16.4 Å². The molecule has 0 radical (unpaired) electrons. The van der Waals surface area contributed by atoms with Gasteiger partial charge in [0.2, 0.25) is 10.0 Å². The van der Waals surface area contributed by atoms with Gasteiger partial charge in [-0.3, -0.25) is 5.10 Å². The van der Waals surface area contributed by atoms with E-state index in [4.69, 9.17) is 4.74 Å². The molecule has 0 fully saturated rings. The third kappa shape index (κ3) is 3.56. The molecule has 0 aliphatic heterocycles. The summed E-state index contributed by atoms with van der Waals surface area (Å²) in [7, 11) is -1.91. The lowest BCUT2D eigenvalue weighted by Gasteiger charge is -2.13. The fourth-order valence-corrected chi connectivity index (χ4v) is 4.07. The van der Waals surface area contributed by atoms with Crippen LogP contribution >= 0.6 is 0 Å². The van der Waals surface area contributed by atoms with E-state index in [-0.39, 0.29) is 4.90 Å². The van der Waals surface area contributed by atoms with Gasteiger partial charge >= 0.3 is 0 Å². The van der Waals surface area contributed by atoms with E-state index in [0.717, 1.165) is 22.4 Å². The molecule has 0 aliphatic carbocycles. The van der Waals surface area contributed by atoms with Crippen molar-refractivity contribution in [3.8, 4) is 5.75 Å². The highest BCUT2D eigenvalue weighted by Gasteiger charge is 2.21. The largest absolute Gasteiger partial charge is 0.496 e. The number of nitrogens with zero attached hydrogens (tertiary/aromatic N) is 1. The zero-order chi connectivity index (χ0) is 17.2. The molecule has 1 aromatic carbocycles. The summed E-state index contributed by atoms with van der Waals surface area (Å²) in [6.45, 7) is 7.73. The van der Waals surface area contributed by atoms with Gasteiger partial charge in [-0.05, 0) is 56.9 Å². The molecule has 6 nitrogen and oxygen atoms in total. The van der Waals surface area contributed by atoms with Gasteiger partial charge in [0.1, 0.15) is 10.6 Å². The number of sulfonamides is 1. The van der Waals surface area contributed by atoms with E-state index in [1.807, 2.05) is 26.0 Å². The Morgan fingerprint density at radius 3 is 2.43 bits per heavy atom. The predicted molar refractivity (Wildman–Crippen MR) is 89.4 cm³/mol. The molecule has 0 bridgehead atoms. The van der Waals surface area contributed by atoms with Crippen molar-refractivity contribution in [2.45, 2.75) is 39.0 Å². The van der Waals surface area contributed by atoms with Crippen molar-refractivity contribution < 1.29 is 13.2 Å². The summed E-state index contributed by atoms with van der Waals surface area (Å²) >= 11 is 0. The first kappa shape index (κ1) is 17.5. The molecule has 0 spiro atoms. The van der Waals surface area contributed by atoms with Crippen molar-refractivity contribution in [3.63, 3.8) is 0 Å². The van der Waals surface area contributed by atoms with E-state index in [0.29, 0.717) is 24.4 Å². The molecule has 7 heteroatoms. The van der Waals surface area contributed by atoms with Gasteiger partial charge in [-0.25, -0.2) is 13.1 Å². The second kappa shape index (κ2) is 6.72. The van der Waals surface area contributed by atoms with Crippen LogP contribution in [0.3, 0.4) is 0 Å². The molecular formula is C16H23N3O3S. The Bertz CT molecular complexity index is 791. The monoisotopic (exact) mass is 337 g/mol. The number of aromatic amines is 1. The van der Waals surface area contributed by atoms with E-state index in [2.05, 4.69) is 14.9 Å². The summed E-state index contributed by atoms with van der Waals surface area (Å²) < 4.78 is 32.7. The maximum Gasteiger partial charge on any atom is 0.244 e. The Balaban J connectivity index is 2.10. The Morgan fingerprint density at radius 1 is 1.17 bits per heavy atom. The topological polar surface area (TPSA) is 84.1 Å². The summed E-state index contributed by atoms with van der Waals surface area (Å²) in [5, 5.41) is 6.63. The van der Waals surface area contributed by atoms with E-state index in [9.17, 15) is 8.42 Å². The smallest absolute Gasteiger partial charge is 0.244 e. The number of aromatic nitrogens is 2. The minimum atomic E-state index is -3.55. The molecule has 1 aromatic heterocycles. The molecule has 2 aromatic rings. The fraction of sp³-hybridized carbons (Fsp3) is 0.438. The number of hydrogen-bond acceptors (Lipinski definition) is 4. The van der Waals surface area contributed by atoms with Crippen LogP contribution in [0.25, 0.3) is 0 Å². The summed E-state index contributed by atoms with van der Waals surface area (Å²) in [4.78, 5) is 0.236. The second-order valence-corrected chi connectivity index (χ2v) is 7.29. The lowest BCUT2D eigenvalue weighted by atomic mass is 10.0. The maximum atomic E-state index is 12.4. The van der Waals surface area contributed by atoms with Gasteiger partial charge in [0.25, 0.3) is 0 Å². The lowest BCUT2D eigenvalue weighted by molar-refractivity contribution is 0.411. The molecule has 0 unspecified atom stereocenters. The average molecular weight is 337 g/mol. The van der Waals surface area contributed by atoms with Gasteiger partial charge in [0, 0.05) is 6.54 Å². The van der Waals surface area contributed by atoms with Crippen molar-refractivity contribution in [2.75, 3.05) is 13.7 Å². The van der Waals surface area contributed by atoms with E-state index in [1.165, 1.54) is 0 Å². The van der Waals surface area contributed by atoms with Crippen LogP contribution in [0.15, 0.2) is 17.0 Å². The van der Waals surface area contributed by atoms with E-state index >= 15 is 0 Å². The zero-order valence-electron chi connectivity index (χ0n) is 14.1. The number of H-pyrrole nitrogens is 1. The third-order valence-corrected chi connectivity index (χ3v) is 5.81. The molecule has 0 amide bonds. The van der Waals surface area contributed by atoms with E-state index in [1.54, 1.807) is 21.0 Å². The number of hydrogen-bond donors (Lipinski definition) is 2. The first-order chi connectivity index (χ1) is 10.8. The highest BCUT2D eigenvalue weighted by atomic mass is 32.2. The molecule has 2 N–H and O–H groups in total. The van der Waals surface area contributed by atoms with Crippen molar-refractivity contribution in [1.82, 2.24) is 14.9 Å². The molecule has 2 rings (SSSR count). The second-order valence-electron chi connectivity index (χ2n) is 5.59. The Hall–Kier alpha value is -1.86. The predicted octanol–water partition coefficient (Wildman–Crippen LogP) is 2.17. The number of benzene rings is 1. The van der Waals surface area contributed by atoms with Crippen LogP contribution in [0.5, 0.6) is 5.75 Å². The minimum absolute atomic E-state index is 0.236. The lowest BCUT2D eigenvalue weighted by Crippen LogP contribution is -2.27. The number of ether oxygens (including phenoxy) is 1. The molecule has 126 valence electrons. The summed E-state index contributed by atoms with van der Waals surface area (Å²) in [5.41, 5.74) is 4.33. The molecule has 0 atom stereocenters. The molecule has 0 aliphatic rings. The van der Waals surface area contributed by atoms with Crippen molar-refractivity contribution >= 4 is 10.0 Å². The molecule has 1 heterocycles. The molecule has 0 saturated carbocycles. The SMILES string of the molecule is COc1ccc(CCNS(=O)(=O)c2c(C)n[nH]c2C)c(C)c1C. The fourth-order valence-electron chi connectivity index (χ4n) is 2.67. The number of rotatable bonds is 6. The highest BCUT2D eigenvalue weighted by molar-refractivity contribution is 7.89. The Kier molecular flexibility index (Phi) is 5.11. The highest BCUT2D eigenvalue weighted by Crippen LogP contribution is 2.24. The number of aryl methyl sites for hydroxylation is 2. The van der Waals surface area contributed by atoms with Crippen LogP contribution in [0, 0.1) is 27.7 Å². The van der Waals surface area contributed by atoms with Crippen molar-refractivity contribution in [1.29, 1.82) is 0 Å². The number of methoxy groups -OCH3 is 1. The number of nitrogens with one attached hydrogen (secondary N) is 2. The Morgan fingerprint density at radius 2 is 1.87 bits per heavy atom. The van der Waals surface area contributed by atoms with Gasteiger partial charge in [-0.2, -0.15) is 5.10 Å². The molecule has 23 heavy (non-hydrogen) atoms. The van der Waals surface area contributed by atoms with E-state index < -0.39 is 10.0 Å². The van der Waals surface area contributed by atoms with Gasteiger partial charge in [0.15, 0.2) is 0 Å². The quantitative estimate of drug-likeness (QED) is 0.846. The van der Waals surface area contributed by atoms with Gasteiger partial charge in [0.05, 0.1) is 18.5 Å². The van der Waals surface area contributed by atoms with Crippen molar-refractivity contribution in [3.05, 3.63) is 40.2 Å². The first-order valence-corrected chi connectivity index (χ1v) is 8.90. The first-order valence-electron chi connectivity index (χ1n) is 7.42. The standard InChI is InChI=1S/C16H23N3O3S/c1-10-11(2)15(22-5)7-6-14(10)8-9-17-23(20,21)16-12(3)18-19-13(16)4/h6-7,17H,8-9H2,1-5H3,(H,18,19). The normalized spacial score (nSPS) is 11.7. The average Bonchev–Trinajstić information content (AvgIpc) is 2.83. The van der Waals surface area contributed by atoms with Gasteiger partial charge < -0.3 is 4.74 Å². The van der Waals surface area contributed by atoms with Gasteiger partial charge in [-0.15, -0.1) is 0 Å². The van der Waals surface area contributed by atoms with Crippen LogP contribution < -0.4 is 9.46 Å². The van der Waals surface area contributed by atoms with Crippen LogP contribution in [-0.4, -0.2) is 32.3 Å². The molecular weight excluding hydrogens is 314 g/mol. The third-order valence-electron chi connectivity index (χ3n) is 4.09. The van der Waals surface area contributed by atoms with Crippen LogP contribution in [0.2, 0.25) is 0 Å². The van der Waals surface area contributed by atoms with Crippen molar-refractivity contribution in [2.24, 2.45) is 0 Å². The van der Waals surface area contributed by atoms with Crippen LogP contribution in [0.4, 0.5) is 0 Å². The van der Waals surface area contributed by atoms with Gasteiger partial charge in [-0.1, -0.05) is 6.07 Å². The summed E-state index contributed by atoms with van der Waals surface area (Å²) in [5.74, 6) is 0.844. The molecule has 0 saturated heterocycles. The van der Waals surface area contributed by atoms with Crippen LogP contribution in [0.1, 0.15) is 28.1 Å². The summed E-state index contributed by atoms with van der Waals surface area (Å²) in [6.07, 6.45) is 0.617. The maximum absolute atomic E-state index is 12.4. The minimum Gasteiger partial charge on any atom is -0.496 e. The Labute approximate surface area is 137 Å².